The number of aromatic nitrogens is 1. The Morgan fingerprint density at radius 3 is 3.00 bits per heavy atom. The average Bonchev–Trinajstić information content (AvgIpc) is 3.28. The zero-order chi connectivity index (χ0) is 17.1. The van der Waals surface area contributed by atoms with Gasteiger partial charge in [0.15, 0.2) is 11.5 Å². The van der Waals surface area contributed by atoms with Crippen molar-refractivity contribution in [2.24, 2.45) is 17.8 Å². The van der Waals surface area contributed by atoms with Gasteiger partial charge in [-0.05, 0) is 61.6 Å². The smallest absolute Gasteiger partial charge is 0.305 e. The molecule has 6 heteroatoms. The fraction of sp³-hybridized carbons (Fsp3) is 0.526. The van der Waals surface area contributed by atoms with E-state index in [2.05, 4.69) is 4.98 Å². The molecule has 2 N–H and O–H groups in total. The predicted molar refractivity (Wildman–Crippen MR) is 100 cm³/mol. The molecule has 5 atom stereocenters. The van der Waals surface area contributed by atoms with Gasteiger partial charge < -0.3 is 14.8 Å². The number of aromatic hydroxyl groups is 1. The van der Waals surface area contributed by atoms with Gasteiger partial charge in [-0.1, -0.05) is 17.4 Å². The standard InChI is InChI=1S/C19H21NO3S2/c1-2-23-13-8-10(5-6-12(13)21)15-14-9-3-4-11(7-9)16(14)24-18-17(15)25-19(22)20-18/h5-6,8-9,11,14-16,21H,2-4,7H2,1H3,(H,20,22)/t9-,11+,14-,15-,16+/m0/s1. The van der Waals surface area contributed by atoms with Crippen LogP contribution in [0.1, 0.15) is 42.5 Å². The molecule has 2 bridgehead atoms. The number of benzene rings is 1. The van der Waals surface area contributed by atoms with Gasteiger partial charge in [0.05, 0.1) is 11.6 Å². The number of hydrogen-bond donors (Lipinski definition) is 2. The zero-order valence-electron chi connectivity index (χ0n) is 14.0. The van der Waals surface area contributed by atoms with Crippen LogP contribution >= 0.6 is 23.1 Å². The second-order valence-corrected chi connectivity index (χ2v) is 9.54. The van der Waals surface area contributed by atoms with Crippen LogP contribution in [0.25, 0.3) is 0 Å². The van der Waals surface area contributed by atoms with Gasteiger partial charge >= 0.3 is 4.87 Å². The van der Waals surface area contributed by atoms with E-state index >= 15 is 0 Å². The lowest BCUT2D eigenvalue weighted by Gasteiger charge is -2.40. The van der Waals surface area contributed by atoms with Crippen LogP contribution in [0.4, 0.5) is 0 Å². The molecule has 1 aliphatic heterocycles. The van der Waals surface area contributed by atoms with Crippen LogP contribution in [0.2, 0.25) is 0 Å². The molecule has 1 aromatic heterocycles. The largest absolute Gasteiger partial charge is 0.504 e. The highest BCUT2D eigenvalue weighted by atomic mass is 32.2. The Kier molecular flexibility index (Phi) is 3.68. The van der Waals surface area contributed by atoms with Gasteiger partial charge in [0.2, 0.25) is 0 Å². The Labute approximate surface area is 154 Å². The summed E-state index contributed by atoms with van der Waals surface area (Å²) in [5, 5.41) is 11.7. The maximum Gasteiger partial charge on any atom is 0.305 e. The van der Waals surface area contributed by atoms with Gasteiger partial charge in [-0.3, -0.25) is 4.79 Å². The number of hydrogen-bond acceptors (Lipinski definition) is 5. The molecule has 2 heterocycles. The van der Waals surface area contributed by atoms with Crippen molar-refractivity contribution in [3.63, 3.8) is 0 Å². The van der Waals surface area contributed by atoms with Crippen LogP contribution in [0, 0.1) is 17.8 Å². The summed E-state index contributed by atoms with van der Waals surface area (Å²) in [6.45, 7) is 2.45. The van der Waals surface area contributed by atoms with E-state index in [1.54, 1.807) is 6.07 Å². The van der Waals surface area contributed by atoms with Gasteiger partial charge in [0, 0.05) is 16.0 Å². The van der Waals surface area contributed by atoms with Gasteiger partial charge in [0.25, 0.3) is 0 Å². The van der Waals surface area contributed by atoms with E-state index in [9.17, 15) is 9.90 Å². The molecule has 5 rings (SSSR count). The Bertz CT molecular complexity index is 874. The molecule has 0 radical (unpaired) electrons. The highest BCUT2D eigenvalue weighted by molar-refractivity contribution is 8.00. The van der Waals surface area contributed by atoms with Crippen LogP contribution < -0.4 is 9.61 Å². The van der Waals surface area contributed by atoms with Gasteiger partial charge in [-0.2, -0.15) is 0 Å². The first-order chi connectivity index (χ1) is 12.2. The molecule has 0 unspecified atom stereocenters. The van der Waals surface area contributed by atoms with Crippen LogP contribution in [0.5, 0.6) is 11.5 Å². The van der Waals surface area contributed by atoms with E-state index in [-0.39, 0.29) is 16.5 Å². The van der Waals surface area contributed by atoms with Crippen molar-refractivity contribution in [1.29, 1.82) is 0 Å². The number of rotatable bonds is 3. The quantitative estimate of drug-likeness (QED) is 0.844. The monoisotopic (exact) mass is 375 g/mol. The molecule has 0 amide bonds. The molecular weight excluding hydrogens is 354 g/mol. The van der Waals surface area contributed by atoms with Gasteiger partial charge in [-0.15, -0.1) is 11.8 Å². The van der Waals surface area contributed by atoms with E-state index in [0.717, 1.165) is 16.9 Å². The van der Waals surface area contributed by atoms with Crippen LogP contribution in [-0.4, -0.2) is 21.9 Å². The molecule has 3 aliphatic rings. The zero-order valence-corrected chi connectivity index (χ0v) is 15.7. The van der Waals surface area contributed by atoms with Crippen molar-refractivity contribution in [2.45, 2.75) is 42.4 Å². The lowest BCUT2D eigenvalue weighted by atomic mass is 9.75. The van der Waals surface area contributed by atoms with Crippen molar-refractivity contribution >= 4 is 23.1 Å². The van der Waals surface area contributed by atoms with Crippen LogP contribution in [0.15, 0.2) is 28.0 Å². The number of ether oxygens (including phenoxy) is 1. The van der Waals surface area contributed by atoms with Crippen molar-refractivity contribution in [3.8, 4) is 11.5 Å². The van der Waals surface area contributed by atoms with Crippen molar-refractivity contribution in [2.75, 3.05) is 6.61 Å². The molecule has 2 aromatic rings. The second-order valence-electron chi connectivity index (χ2n) is 7.34. The summed E-state index contributed by atoms with van der Waals surface area (Å²) in [6.07, 6.45) is 3.97. The first-order valence-corrected chi connectivity index (χ1v) is 10.7. The average molecular weight is 376 g/mol. The summed E-state index contributed by atoms with van der Waals surface area (Å²) < 4.78 is 5.61. The lowest BCUT2D eigenvalue weighted by Crippen LogP contribution is -2.33. The van der Waals surface area contributed by atoms with Crippen molar-refractivity contribution in [3.05, 3.63) is 38.3 Å². The molecule has 132 valence electrons. The number of thioether (sulfide) groups is 1. The number of phenols is 1. The van der Waals surface area contributed by atoms with E-state index in [1.165, 1.54) is 41.0 Å². The minimum absolute atomic E-state index is 0.0404. The summed E-state index contributed by atoms with van der Waals surface area (Å²) in [4.78, 5) is 16.3. The molecule has 1 aromatic carbocycles. The summed E-state index contributed by atoms with van der Waals surface area (Å²) in [5.41, 5.74) is 1.17. The first kappa shape index (κ1) is 15.8. The third kappa shape index (κ3) is 2.37. The molecular formula is C19H21NO3S2. The summed E-state index contributed by atoms with van der Waals surface area (Å²) in [5.74, 6) is 3.08. The molecule has 0 spiro atoms. The van der Waals surface area contributed by atoms with E-state index in [4.69, 9.17) is 4.74 Å². The van der Waals surface area contributed by atoms with Crippen LogP contribution in [0.3, 0.4) is 0 Å². The Balaban J connectivity index is 1.65. The number of fused-ring (bicyclic) bond motifs is 6. The minimum atomic E-state index is 0.0404. The van der Waals surface area contributed by atoms with Crippen LogP contribution in [-0.2, 0) is 0 Å². The minimum Gasteiger partial charge on any atom is -0.504 e. The Morgan fingerprint density at radius 1 is 1.32 bits per heavy atom. The third-order valence-electron chi connectivity index (χ3n) is 6.11. The third-order valence-corrected chi connectivity index (χ3v) is 8.73. The summed E-state index contributed by atoms with van der Waals surface area (Å²) >= 11 is 3.26. The highest BCUT2D eigenvalue weighted by Crippen LogP contribution is 2.63. The summed E-state index contributed by atoms with van der Waals surface area (Å²) in [6, 6.07) is 5.73. The van der Waals surface area contributed by atoms with Gasteiger partial charge in [-0.25, -0.2) is 0 Å². The molecule has 0 saturated heterocycles. The number of H-pyrrole nitrogens is 1. The van der Waals surface area contributed by atoms with E-state index < -0.39 is 0 Å². The number of nitrogens with one attached hydrogen (secondary N) is 1. The molecule has 2 saturated carbocycles. The van der Waals surface area contributed by atoms with Gasteiger partial charge in [0.1, 0.15) is 0 Å². The first-order valence-electron chi connectivity index (χ1n) is 9.01. The molecule has 2 aliphatic carbocycles. The number of aromatic amines is 1. The number of phenolic OH excluding ortho intramolecular Hbond substituents is 1. The lowest BCUT2D eigenvalue weighted by molar-refractivity contribution is 0.302. The normalized spacial score (nSPS) is 32.4. The summed E-state index contributed by atoms with van der Waals surface area (Å²) in [7, 11) is 0. The van der Waals surface area contributed by atoms with E-state index in [0.29, 0.717) is 23.5 Å². The maximum atomic E-state index is 12.0. The Morgan fingerprint density at radius 2 is 2.16 bits per heavy atom. The highest BCUT2D eigenvalue weighted by Gasteiger charge is 2.54. The Hall–Kier alpha value is -1.40. The SMILES string of the molecule is CCOc1cc([C@@H]2c3sc(=O)[nH]c3S[C@@H]3[C@@H]4CC[C@@H](C4)[C@@H]23)ccc1O. The second kappa shape index (κ2) is 5.81. The molecule has 2 fully saturated rings. The predicted octanol–water partition coefficient (Wildman–Crippen LogP) is 4.19. The van der Waals surface area contributed by atoms with E-state index in [1.807, 2.05) is 30.8 Å². The topological polar surface area (TPSA) is 62.3 Å². The number of thiazole rings is 1. The molecule has 25 heavy (non-hydrogen) atoms. The maximum absolute atomic E-state index is 12.0. The molecule has 4 nitrogen and oxygen atoms in total. The fourth-order valence-corrected chi connectivity index (χ4v) is 8.11. The van der Waals surface area contributed by atoms with Crippen molar-refractivity contribution in [1.82, 2.24) is 4.98 Å². The fourth-order valence-electron chi connectivity index (χ4n) is 5.22. The van der Waals surface area contributed by atoms with Crippen molar-refractivity contribution < 1.29 is 9.84 Å².